The van der Waals surface area contributed by atoms with Crippen LogP contribution in [0, 0.1) is 6.92 Å². The molecule has 1 unspecified atom stereocenters. The van der Waals surface area contributed by atoms with Crippen molar-refractivity contribution in [1.29, 1.82) is 0 Å². The van der Waals surface area contributed by atoms with Crippen LogP contribution in [-0.4, -0.2) is 15.0 Å². The summed E-state index contributed by atoms with van der Waals surface area (Å²) in [5.74, 6) is 0.614. The lowest BCUT2D eigenvalue weighted by atomic mass is 10.1. The summed E-state index contributed by atoms with van der Waals surface area (Å²) < 4.78 is 0. The van der Waals surface area contributed by atoms with Crippen molar-refractivity contribution in [2.75, 3.05) is 0 Å². The van der Waals surface area contributed by atoms with E-state index in [-0.39, 0.29) is 6.04 Å². The second-order valence-electron chi connectivity index (χ2n) is 4.56. The average molecular weight is 250 g/mol. The lowest BCUT2D eigenvalue weighted by Gasteiger charge is -2.11. The quantitative estimate of drug-likeness (QED) is 0.758. The molecule has 1 aromatic carbocycles. The van der Waals surface area contributed by atoms with Gasteiger partial charge in [0.15, 0.2) is 0 Å². The molecule has 4 nitrogen and oxygen atoms in total. The molecule has 0 aliphatic carbocycles. The zero-order chi connectivity index (χ0) is 13.2. The molecule has 0 fully saturated rings. The van der Waals surface area contributed by atoms with Gasteiger partial charge in [0.1, 0.15) is 5.82 Å². The number of aryl methyl sites for hydroxylation is 1. The number of fused-ring (bicyclic) bond motifs is 1. The summed E-state index contributed by atoms with van der Waals surface area (Å²) in [7, 11) is 0. The van der Waals surface area contributed by atoms with Crippen LogP contribution in [0.3, 0.4) is 0 Å². The minimum absolute atomic E-state index is 0.349. The van der Waals surface area contributed by atoms with E-state index in [0.29, 0.717) is 5.82 Å². The average Bonchev–Trinajstić information content (AvgIpc) is 2.47. The second kappa shape index (κ2) is 4.74. The van der Waals surface area contributed by atoms with Gasteiger partial charge in [0.05, 0.1) is 11.6 Å². The molecule has 0 aliphatic heterocycles. The molecule has 2 N–H and O–H groups in total. The van der Waals surface area contributed by atoms with Gasteiger partial charge in [-0.15, -0.1) is 0 Å². The van der Waals surface area contributed by atoms with E-state index >= 15 is 0 Å². The largest absolute Gasteiger partial charge is 0.318 e. The van der Waals surface area contributed by atoms with Crippen molar-refractivity contribution in [2.45, 2.75) is 13.0 Å². The number of hydrogen-bond acceptors (Lipinski definition) is 4. The zero-order valence-electron chi connectivity index (χ0n) is 10.6. The van der Waals surface area contributed by atoms with E-state index in [2.05, 4.69) is 15.0 Å². The lowest BCUT2D eigenvalue weighted by Crippen LogP contribution is -2.15. The van der Waals surface area contributed by atoms with Gasteiger partial charge in [-0.2, -0.15) is 0 Å². The maximum absolute atomic E-state index is 6.19. The topological polar surface area (TPSA) is 64.7 Å². The summed E-state index contributed by atoms with van der Waals surface area (Å²) in [5, 5.41) is 1.07. The minimum Gasteiger partial charge on any atom is -0.318 e. The molecule has 3 aromatic rings. The standard InChI is InChI=1S/C15H14N4/c1-10-7-18-15(19-8-10)14(16)12-6-11-4-2-3-5-13(11)17-9-12/h2-9,14H,16H2,1H3. The van der Waals surface area contributed by atoms with Gasteiger partial charge in [-0.3, -0.25) is 4.98 Å². The van der Waals surface area contributed by atoms with Gasteiger partial charge >= 0.3 is 0 Å². The highest BCUT2D eigenvalue weighted by atomic mass is 14.9. The van der Waals surface area contributed by atoms with E-state index in [4.69, 9.17) is 5.73 Å². The molecular weight excluding hydrogens is 236 g/mol. The van der Waals surface area contributed by atoms with Gasteiger partial charge in [-0.1, -0.05) is 18.2 Å². The Morgan fingerprint density at radius 2 is 1.74 bits per heavy atom. The van der Waals surface area contributed by atoms with Crippen LogP contribution in [0.1, 0.15) is 23.0 Å². The van der Waals surface area contributed by atoms with Crippen LogP contribution in [0.5, 0.6) is 0 Å². The highest BCUT2D eigenvalue weighted by Crippen LogP contribution is 2.19. The summed E-state index contributed by atoms with van der Waals surface area (Å²) in [6, 6.07) is 9.65. The number of hydrogen-bond donors (Lipinski definition) is 1. The van der Waals surface area contributed by atoms with E-state index in [1.54, 1.807) is 18.6 Å². The van der Waals surface area contributed by atoms with Crippen LogP contribution in [0.4, 0.5) is 0 Å². The Labute approximate surface area is 111 Å². The first-order chi connectivity index (χ1) is 9.24. The molecule has 0 amide bonds. The number of rotatable bonds is 2. The number of pyridine rings is 1. The first-order valence-electron chi connectivity index (χ1n) is 6.13. The van der Waals surface area contributed by atoms with Crippen LogP contribution in [0.15, 0.2) is 48.9 Å². The molecule has 4 heteroatoms. The van der Waals surface area contributed by atoms with Crippen molar-refractivity contribution in [1.82, 2.24) is 15.0 Å². The van der Waals surface area contributed by atoms with Gasteiger partial charge in [-0.25, -0.2) is 9.97 Å². The predicted octanol–water partition coefficient (Wildman–Crippen LogP) is 2.38. The smallest absolute Gasteiger partial charge is 0.149 e. The van der Waals surface area contributed by atoms with Crippen LogP contribution in [0.25, 0.3) is 10.9 Å². The monoisotopic (exact) mass is 250 g/mol. The Hall–Kier alpha value is -2.33. The molecule has 0 aliphatic rings. The van der Waals surface area contributed by atoms with Crippen LogP contribution < -0.4 is 5.73 Å². The minimum atomic E-state index is -0.349. The lowest BCUT2D eigenvalue weighted by molar-refractivity contribution is 0.775. The van der Waals surface area contributed by atoms with E-state index in [0.717, 1.165) is 22.0 Å². The normalized spacial score (nSPS) is 12.5. The third kappa shape index (κ3) is 2.30. The fourth-order valence-corrected chi connectivity index (χ4v) is 1.97. The maximum Gasteiger partial charge on any atom is 0.149 e. The zero-order valence-corrected chi connectivity index (χ0v) is 10.6. The highest BCUT2D eigenvalue weighted by molar-refractivity contribution is 5.78. The molecule has 2 heterocycles. The Kier molecular flexibility index (Phi) is 2.93. The number of benzene rings is 1. The maximum atomic E-state index is 6.19. The number of aromatic nitrogens is 3. The molecule has 0 bridgehead atoms. The second-order valence-corrected chi connectivity index (χ2v) is 4.56. The first kappa shape index (κ1) is 11.7. The molecule has 1 atom stereocenters. The van der Waals surface area contributed by atoms with Crippen molar-refractivity contribution >= 4 is 10.9 Å². The van der Waals surface area contributed by atoms with Crippen molar-refractivity contribution in [3.8, 4) is 0 Å². The number of nitrogens with two attached hydrogens (primary N) is 1. The fourth-order valence-electron chi connectivity index (χ4n) is 1.97. The SMILES string of the molecule is Cc1cnc(C(N)c2cnc3ccccc3c2)nc1. The van der Waals surface area contributed by atoms with E-state index in [1.807, 2.05) is 37.3 Å². The Morgan fingerprint density at radius 1 is 1.00 bits per heavy atom. The predicted molar refractivity (Wildman–Crippen MR) is 74.5 cm³/mol. The third-order valence-electron chi connectivity index (χ3n) is 3.05. The molecule has 0 saturated heterocycles. The van der Waals surface area contributed by atoms with Crippen LogP contribution in [-0.2, 0) is 0 Å². The Morgan fingerprint density at radius 3 is 2.53 bits per heavy atom. The first-order valence-corrected chi connectivity index (χ1v) is 6.13. The third-order valence-corrected chi connectivity index (χ3v) is 3.05. The van der Waals surface area contributed by atoms with Gasteiger partial charge in [0, 0.05) is 24.0 Å². The molecule has 3 rings (SSSR count). The van der Waals surface area contributed by atoms with E-state index in [9.17, 15) is 0 Å². The van der Waals surface area contributed by atoms with Crippen molar-refractivity contribution < 1.29 is 0 Å². The molecule has 0 spiro atoms. The Bertz CT molecular complexity index is 707. The summed E-state index contributed by atoms with van der Waals surface area (Å²) in [5.41, 5.74) is 9.09. The molecular formula is C15H14N4. The van der Waals surface area contributed by atoms with Gasteiger partial charge in [0.25, 0.3) is 0 Å². The van der Waals surface area contributed by atoms with Gasteiger partial charge in [-0.05, 0) is 30.2 Å². The molecule has 0 radical (unpaired) electrons. The molecule has 19 heavy (non-hydrogen) atoms. The van der Waals surface area contributed by atoms with E-state index < -0.39 is 0 Å². The molecule has 94 valence electrons. The Balaban J connectivity index is 2.01. The summed E-state index contributed by atoms with van der Waals surface area (Å²) in [4.78, 5) is 13.0. The summed E-state index contributed by atoms with van der Waals surface area (Å²) in [6.45, 7) is 1.95. The number of para-hydroxylation sites is 1. The van der Waals surface area contributed by atoms with Crippen LogP contribution >= 0.6 is 0 Å². The summed E-state index contributed by atoms with van der Waals surface area (Å²) >= 11 is 0. The molecule has 2 aromatic heterocycles. The van der Waals surface area contributed by atoms with Crippen molar-refractivity contribution in [3.05, 3.63) is 65.9 Å². The molecule has 0 saturated carbocycles. The highest BCUT2D eigenvalue weighted by Gasteiger charge is 2.12. The summed E-state index contributed by atoms with van der Waals surface area (Å²) in [6.07, 6.45) is 5.34. The number of nitrogens with zero attached hydrogens (tertiary/aromatic N) is 3. The van der Waals surface area contributed by atoms with Crippen LogP contribution in [0.2, 0.25) is 0 Å². The van der Waals surface area contributed by atoms with Gasteiger partial charge < -0.3 is 5.73 Å². The van der Waals surface area contributed by atoms with Gasteiger partial charge in [0.2, 0.25) is 0 Å². The fraction of sp³-hybridized carbons (Fsp3) is 0.133. The van der Waals surface area contributed by atoms with Crippen molar-refractivity contribution in [2.24, 2.45) is 5.73 Å². The van der Waals surface area contributed by atoms with E-state index in [1.165, 1.54) is 0 Å². The van der Waals surface area contributed by atoms with Crippen molar-refractivity contribution in [3.63, 3.8) is 0 Å².